The standard InChI is InChI=1S/C17H16O11/c18-7-27-14(22)6-26-16(24)8-1-2-10(19)13(5-8)28-17(25)9-3-11(20)15(23)12(21)4-9/h1-3,5,7,9,14,19-23H,4,6H2. The molecule has 2 unspecified atom stereocenters. The first-order valence-corrected chi connectivity index (χ1v) is 7.74. The predicted octanol–water partition coefficient (Wildman–Crippen LogP) is 0.735. The molecule has 0 fully saturated rings. The van der Waals surface area contributed by atoms with E-state index >= 15 is 0 Å². The monoisotopic (exact) mass is 396 g/mol. The van der Waals surface area contributed by atoms with Crippen LogP contribution in [-0.4, -0.2) is 56.8 Å². The van der Waals surface area contributed by atoms with E-state index in [2.05, 4.69) is 4.74 Å². The van der Waals surface area contributed by atoms with Gasteiger partial charge in [-0.05, 0) is 24.3 Å². The van der Waals surface area contributed by atoms with Crippen LogP contribution >= 0.6 is 0 Å². The number of hydrogen-bond donors (Lipinski definition) is 5. The molecule has 11 nitrogen and oxygen atoms in total. The molecule has 2 rings (SSSR count). The summed E-state index contributed by atoms with van der Waals surface area (Å²) in [7, 11) is 0. The molecule has 0 aromatic heterocycles. The van der Waals surface area contributed by atoms with Gasteiger partial charge < -0.3 is 39.7 Å². The van der Waals surface area contributed by atoms with E-state index in [0.717, 1.165) is 24.3 Å². The lowest BCUT2D eigenvalue weighted by molar-refractivity contribution is -0.158. The number of allylic oxidation sites excluding steroid dienone is 1. The van der Waals surface area contributed by atoms with Gasteiger partial charge in [-0.2, -0.15) is 0 Å². The molecule has 0 bridgehead atoms. The van der Waals surface area contributed by atoms with E-state index in [1.54, 1.807) is 0 Å². The van der Waals surface area contributed by atoms with Crippen molar-refractivity contribution >= 4 is 18.4 Å². The summed E-state index contributed by atoms with van der Waals surface area (Å²) >= 11 is 0. The number of hydrogen-bond acceptors (Lipinski definition) is 11. The summed E-state index contributed by atoms with van der Waals surface area (Å²) in [6.07, 6.45) is -1.04. The summed E-state index contributed by atoms with van der Waals surface area (Å²) in [5.74, 6) is -6.06. The van der Waals surface area contributed by atoms with Gasteiger partial charge in [-0.15, -0.1) is 0 Å². The first kappa shape index (κ1) is 20.6. The lowest BCUT2D eigenvalue weighted by Crippen LogP contribution is -2.23. The molecule has 0 amide bonds. The van der Waals surface area contributed by atoms with Crippen molar-refractivity contribution in [2.24, 2.45) is 5.92 Å². The zero-order valence-electron chi connectivity index (χ0n) is 14.1. The van der Waals surface area contributed by atoms with Gasteiger partial charge in [0.15, 0.2) is 29.6 Å². The molecule has 0 heterocycles. The maximum Gasteiger partial charge on any atom is 0.338 e. The molecule has 1 aromatic carbocycles. The molecule has 0 aliphatic heterocycles. The number of phenolic OH excluding ortho intramolecular Hbond substituents is 1. The van der Waals surface area contributed by atoms with Crippen LogP contribution in [0.15, 0.2) is 41.6 Å². The highest BCUT2D eigenvalue weighted by Crippen LogP contribution is 2.30. The van der Waals surface area contributed by atoms with Gasteiger partial charge in [0, 0.05) is 6.42 Å². The topological polar surface area (TPSA) is 180 Å². The number of ether oxygens (including phenoxy) is 3. The minimum atomic E-state index is -1.65. The highest BCUT2D eigenvalue weighted by Gasteiger charge is 2.29. The lowest BCUT2D eigenvalue weighted by atomic mass is 9.97. The van der Waals surface area contributed by atoms with Crippen molar-refractivity contribution in [3.8, 4) is 11.5 Å². The molecule has 0 saturated carbocycles. The molecule has 0 spiro atoms. The molecule has 0 saturated heterocycles. The van der Waals surface area contributed by atoms with Gasteiger partial charge in [0.25, 0.3) is 6.47 Å². The Balaban J connectivity index is 2.08. The molecule has 2 atom stereocenters. The third-order valence-electron chi connectivity index (χ3n) is 3.57. The van der Waals surface area contributed by atoms with Gasteiger partial charge in [-0.3, -0.25) is 9.59 Å². The average Bonchev–Trinajstić information content (AvgIpc) is 2.65. The van der Waals surface area contributed by atoms with Crippen LogP contribution < -0.4 is 4.74 Å². The third kappa shape index (κ3) is 4.92. The number of aromatic hydroxyl groups is 1. The molecule has 150 valence electrons. The maximum atomic E-state index is 12.2. The minimum Gasteiger partial charge on any atom is -0.508 e. The number of aliphatic hydroxyl groups is 4. The van der Waals surface area contributed by atoms with Crippen LogP contribution in [0.5, 0.6) is 11.5 Å². The second kappa shape index (κ2) is 8.77. The smallest absolute Gasteiger partial charge is 0.338 e. The van der Waals surface area contributed by atoms with Crippen molar-refractivity contribution in [1.29, 1.82) is 0 Å². The zero-order valence-corrected chi connectivity index (χ0v) is 14.1. The van der Waals surface area contributed by atoms with Crippen LogP contribution in [0.2, 0.25) is 0 Å². The van der Waals surface area contributed by atoms with Crippen molar-refractivity contribution < 1.29 is 54.1 Å². The fourth-order valence-corrected chi connectivity index (χ4v) is 2.17. The number of phenols is 1. The Morgan fingerprint density at radius 3 is 2.57 bits per heavy atom. The predicted molar refractivity (Wildman–Crippen MR) is 88.3 cm³/mol. The molecule has 0 radical (unpaired) electrons. The van der Waals surface area contributed by atoms with E-state index in [0.29, 0.717) is 0 Å². The van der Waals surface area contributed by atoms with E-state index in [1.807, 2.05) is 0 Å². The summed E-state index contributed by atoms with van der Waals surface area (Å²) in [5.41, 5.74) is -0.152. The Hall–Kier alpha value is -3.73. The van der Waals surface area contributed by atoms with Crippen molar-refractivity contribution in [3.63, 3.8) is 0 Å². The number of carbonyl (C=O) groups is 3. The Bertz CT molecular complexity index is 840. The molecule has 11 heteroatoms. The van der Waals surface area contributed by atoms with Crippen LogP contribution in [0, 0.1) is 5.92 Å². The fraction of sp³-hybridized carbons (Fsp3) is 0.235. The fourth-order valence-electron chi connectivity index (χ4n) is 2.17. The van der Waals surface area contributed by atoms with Crippen molar-refractivity contribution in [1.82, 2.24) is 0 Å². The Kier molecular flexibility index (Phi) is 6.45. The minimum absolute atomic E-state index is 0.0269. The van der Waals surface area contributed by atoms with E-state index in [-0.39, 0.29) is 18.5 Å². The van der Waals surface area contributed by atoms with Gasteiger partial charge in [0.1, 0.15) is 5.76 Å². The van der Waals surface area contributed by atoms with Gasteiger partial charge in [0.2, 0.25) is 6.29 Å². The molecule has 1 aliphatic rings. The lowest BCUT2D eigenvalue weighted by Gasteiger charge is -2.18. The summed E-state index contributed by atoms with van der Waals surface area (Å²) in [5, 5.41) is 47.3. The first-order chi connectivity index (χ1) is 13.2. The number of rotatable bonds is 7. The van der Waals surface area contributed by atoms with Crippen LogP contribution in [0.4, 0.5) is 0 Å². The SMILES string of the molecule is O=COC(O)COC(=O)c1ccc(O)c(OC(=O)C2C=C(O)C(O)=C(O)C2)c1. The Morgan fingerprint density at radius 2 is 1.93 bits per heavy atom. The molecule has 28 heavy (non-hydrogen) atoms. The van der Waals surface area contributed by atoms with E-state index in [1.165, 1.54) is 0 Å². The second-order valence-electron chi connectivity index (χ2n) is 5.55. The second-order valence-corrected chi connectivity index (χ2v) is 5.55. The summed E-state index contributed by atoms with van der Waals surface area (Å²) in [4.78, 5) is 34.2. The number of aliphatic hydroxyl groups excluding tert-OH is 4. The molecule has 1 aliphatic carbocycles. The Morgan fingerprint density at radius 1 is 1.21 bits per heavy atom. The van der Waals surface area contributed by atoms with Gasteiger partial charge >= 0.3 is 11.9 Å². The van der Waals surface area contributed by atoms with Crippen molar-refractivity contribution in [2.75, 3.05) is 6.61 Å². The van der Waals surface area contributed by atoms with E-state index in [4.69, 9.17) is 14.6 Å². The highest BCUT2D eigenvalue weighted by atomic mass is 16.7. The number of esters is 2. The summed E-state index contributed by atoms with van der Waals surface area (Å²) in [6, 6.07) is 3.19. The maximum absolute atomic E-state index is 12.2. The Labute approximate surface area is 157 Å². The summed E-state index contributed by atoms with van der Waals surface area (Å²) < 4.78 is 13.8. The molecule has 5 N–H and O–H groups in total. The van der Waals surface area contributed by atoms with Crippen LogP contribution in [-0.2, 0) is 19.1 Å². The van der Waals surface area contributed by atoms with Gasteiger partial charge in [-0.25, -0.2) is 4.79 Å². The van der Waals surface area contributed by atoms with Crippen molar-refractivity contribution in [3.05, 3.63) is 47.1 Å². The molecular formula is C17H16O11. The van der Waals surface area contributed by atoms with Crippen LogP contribution in [0.25, 0.3) is 0 Å². The average molecular weight is 396 g/mol. The normalized spacial score (nSPS) is 17.3. The highest BCUT2D eigenvalue weighted by molar-refractivity contribution is 5.90. The first-order valence-electron chi connectivity index (χ1n) is 7.74. The zero-order chi connectivity index (χ0) is 20.8. The molecule has 1 aromatic rings. The third-order valence-corrected chi connectivity index (χ3v) is 3.57. The van der Waals surface area contributed by atoms with Crippen molar-refractivity contribution in [2.45, 2.75) is 12.7 Å². The van der Waals surface area contributed by atoms with Gasteiger partial charge in [-0.1, -0.05) is 0 Å². The van der Waals surface area contributed by atoms with E-state index in [9.17, 15) is 34.8 Å². The van der Waals surface area contributed by atoms with E-state index < -0.39 is 59.5 Å². The quantitative estimate of drug-likeness (QED) is 0.190. The largest absolute Gasteiger partial charge is 0.508 e. The number of benzene rings is 1. The van der Waals surface area contributed by atoms with Crippen LogP contribution in [0.1, 0.15) is 16.8 Å². The molecular weight excluding hydrogens is 380 g/mol. The number of carbonyl (C=O) groups excluding carboxylic acids is 3. The summed E-state index contributed by atoms with van der Waals surface area (Å²) in [6.45, 7) is -0.671. The van der Waals surface area contributed by atoms with Gasteiger partial charge in [0.05, 0.1) is 11.5 Å². The van der Waals surface area contributed by atoms with Crippen LogP contribution in [0.3, 0.4) is 0 Å².